The zero-order chi connectivity index (χ0) is 21.8. The van der Waals surface area contributed by atoms with Crippen molar-refractivity contribution in [3.63, 3.8) is 0 Å². The zero-order valence-electron chi connectivity index (χ0n) is 18.6. The molecule has 32 heavy (non-hydrogen) atoms. The van der Waals surface area contributed by atoms with Crippen molar-refractivity contribution in [3.05, 3.63) is 77.2 Å². The maximum atomic E-state index is 5.54. The minimum atomic E-state index is 0.0649. The van der Waals surface area contributed by atoms with Crippen LogP contribution in [0.4, 0.5) is 11.8 Å². The summed E-state index contributed by atoms with van der Waals surface area (Å²) in [5.74, 6) is 1.73. The molecule has 0 saturated carbocycles. The van der Waals surface area contributed by atoms with E-state index in [-0.39, 0.29) is 6.04 Å². The van der Waals surface area contributed by atoms with Crippen molar-refractivity contribution >= 4 is 11.8 Å². The highest BCUT2D eigenvalue weighted by molar-refractivity contribution is 5.53. The number of ether oxygens (including phenoxy) is 1. The third-order valence-electron chi connectivity index (χ3n) is 6.16. The molecule has 0 amide bonds. The fourth-order valence-electron chi connectivity index (χ4n) is 4.38. The third-order valence-corrected chi connectivity index (χ3v) is 6.16. The summed E-state index contributed by atoms with van der Waals surface area (Å²) in [7, 11) is 0. The van der Waals surface area contributed by atoms with Crippen LogP contribution in [0, 0.1) is 0 Å². The summed E-state index contributed by atoms with van der Waals surface area (Å²) >= 11 is 0. The van der Waals surface area contributed by atoms with Gasteiger partial charge in [-0.2, -0.15) is 4.98 Å². The zero-order valence-corrected chi connectivity index (χ0v) is 18.6. The molecular formula is C25H30N6O. The van der Waals surface area contributed by atoms with Gasteiger partial charge in [-0.3, -0.25) is 9.88 Å². The Kier molecular flexibility index (Phi) is 6.27. The minimum Gasteiger partial charge on any atom is -0.378 e. The van der Waals surface area contributed by atoms with Gasteiger partial charge < -0.3 is 15.0 Å². The quantitative estimate of drug-likeness (QED) is 0.643. The lowest BCUT2D eigenvalue weighted by atomic mass is 10.0. The molecule has 0 radical (unpaired) electrons. The van der Waals surface area contributed by atoms with Crippen molar-refractivity contribution in [2.45, 2.75) is 32.5 Å². The highest BCUT2D eigenvalue weighted by Crippen LogP contribution is 2.29. The molecule has 7 heteroatoms. The molecule has 1 fully saturated rings. The topological polar surface area (TPSA) is 66.4 Å². The van der Waals surface area contributed by atoms with Crippen LogP contribution in [0.3, 0.4) is 0 Å². The average Bonchev–Trinajstić information content (AvgIpc) is 2.85. The summed E-state index contributed by atoms with van der Waals surface area (Å²) in [4.78, 5) is 19.2. The Balaban J connectivity index is 1.43. The van der Waals surface area contributed by atoms with E-state index in [1.165, 1.54) is 11.1 Å². The monoisotopic (exact) mass is 430 g/mol. The van der Waals surface area contributed by atoms with Crippen LogP contribution < -0.4 is 10.2 Å². The first-order chi connectivity index (χ1) is 15.8. The number of anilines is 2. The Bertz CT molecular complexity index is 1020. The molecule has 5 rings (SSSR count). The lowest BCUT2D eigenvalue weighted by Gasteiger charge is -2.32. The lowest BCUT2D eigenvalue weighted by Crippen LogP contribution is -2.38. The highest BCUT2D eigenvalue weighted by Gasteiger charge is 2.25. The van der Waals surface area contributed by atoms with E-state index >= 15 is 0 Å². The van der Waals surface area contributed by atoms with Crippen molar-refractivity contribution in [2.24, 2.45) is 0 Å². The van der Waals surface area contributed by atoms with E-state index in [2.05, 4.69) is 63.4 Å². The van der Waals surface area contributed by atoms with Crippen LogP contribution in [0.2, 0.25) is 0 Å². The predicted molar refractivity (Wildman–Crippen MR) is 126 cm³/mol. The highest BCUT2D eigenvalue weighted by atomic mass is 16.5. The minimum absolute atomic E-state index is 0.0649. The van der Waals surface area contributed by atoms with Gasteiger partial charge in [-0.05, 0) is 31.0 Å². The Hall–Kier alpha value is -3.03. The van der Waals surface area contributed by atoms with Crippen molar-refractivity contribution in [1.82, 2.24) is 19.9 Å². The van der Waals surface area contributed by atoms with Crippen molar-refractivity contribution in [1.29, 1.82) is 0 Å². The molecule has 1 atom stereocenters. The number of nitrogens with one attached hydrogen (secondary N) is 1. The molecule has 0 unspecified atom stereocenters. The molecule has 166 valence electrons. The van der Waals surface area contributed by atoms with Gasteiger partial charge in [0.1, 0.15) is 5.82 Å². The van der Waals surface area contributed by atoms with Crippen LogP contribution in [0.25, 0.3) is 0 Å². The second-order valence-electron chi connectivity index (χ2n) is 8.46. The molecular weight excluding hydrogens is 400 g/mol. The van der Waals surface area contributed by atoms with Gasteiger partial charge >= 0.3 is 0 Å². The lowest BCUT2D eigenvalue weighted by molar-refractivity contribution is 0.122. The molecule has 2 aliphatic heterocycles. The predicted octanol–water partition coefficient (Wildman–Crippen LogP) is 3.44. The van der Waals surface area contributed by atoms with Crippen LogP contribution in [0.1, 0.15) is 35.5 Å². The van der Waals surface area contributed by atoms with Gasteiger partial charge in [0.15, 0.2) is 0 Å². The third kappa shape index (κ3) is 4.74. The van der Waals surface area contributed by atoms with E-state index in [9.17, 15) is 0 Å². The van der Waals surface area contributed by atoms with Crippen molar-refractivity contribution < 1.29 is 4.74 Å². The number of hydrogen-bond donors (Lipinski definition) is 1. The number of pyridine rings is 1. The van der Waals surface area contributed by atoms with Crippen LogP contribution in [0.5, 0.6) is 0 Å². The summed E-state index contributed by atoms with van der Waals surface area (Å²) in [5.41, 5.74) is 4.70. The Labute approximate surface area is 189 Å². The molecule has 1 saturated heterocycles. The van der Waals surface area contributed by atoms with Gasteiger partial charge in [-0.15, -0.1) is 0 Å². The van der Waals surface area contributed by atoms with E-state index < -0.39 is 0 Å². The molecule has 7 nitrogen and oxygen atoms in total. The van der Waals surface area contributed by atoms with Crippen molar-refractivity contribution in [2.75, 3.05) is 43.1 Å². The molecule has 4 heterocycles. The fourth-order valence-corrected chi connectivity index (χ4v) is 4.38. The van der Waals surface area contributed by atoms with Crippen molar-refractivity contribution in [3.8, 4) is 0 Å². The summed E-state index contributed by atoms with van der Waals surface area (Å²) < 4.78 is 5.54. The van der Waals surface area contributed by atoms with Gasteiger partial charge in [0, 0.05) is 44.5 Å². The molecule has 1 N–H and O–H groups in total. The number of morpholine rings is 1. The summed E-state index contributed by atoms with van der Waals surface area (Å²) in [6.45, 7) is 7.97. The van der Waals surface area contributed by atoms with Crippen LogP contribution in [-0.2, 0) is 24.2 Å². The van der Waals surface area contributed by atoms with Gasteiger partial charge in [0.05, 0.1) is 30.6 Å². The average molecular weight is 431 g/mol. The van der Waals surface area contributed by atoms with E-state index in [1.807, 2.05) is 18.3 Å². The molecule has 1 aromatic carbocycles. The Morgan fingerprint density at radius 3 is 2.59 bits per heavy atom. The molecule has 0 aliphatic carbocycles. The van der Waals surface area contributed by atoms with Crippen LogP contribution in [0.15, 0.2) is 54.7 Å². The molecule has 2 aliphatic rings. The summed E-state index contributed by atoms with van der Waals surface area (Å²) in [5, 5.41) is 3.64. The van der Waals surface area contributed by atoms with Crippen LogP contribution >= 0.6 is 0 Å². The first-order valence-electron chi connectivity index (χ1n) is 11.4. The van der Waals surface area contributed by atoms with Crippen LogP contribution in [-0.4, -0.2) is 52.7 Å². The fraction of sp³-hybridized carbons (Fsp3) is 0.400. The van der Waals surface area contributed by atoms with Gasteiger partial charge in [0.25, 0.3) is 0 Å². The summed E-state index contributed by atoms with van der Waals surface area (Å²) in [6, 6.07) is 16.7. The van der Waals surface area contributed by atoms with E-state index in [1.54, 1.807) is 0 Å². The van der Waals surface area contributed by atoms with Gasteiger partial charge in [0.2, 0.25) is 5.95 Å². The van der Waals surface area contributed by atoms with E-state index in [0.717, 1.165) is 62.3 Å². The Morgan fingerprint density at radius 2 is 1.81 bits per heavy atom. The number of nitrogens with zero attached hydrogens (tertiary/aromatic N) is 5. The standard InChI is InChI=1S/C25H30N6O/c1-19(22-9-5-6-11-26-22)27-24-21-10-12-30(17-20-7-3-2-4-8-20)18-23(21)28-25(29-24)31-13-15-32-16-14-31/h2-9,11,19H,10,12-18H2,1H3,(H,27,28,29)/t19-/m1/s1. The smallest absolute Gasteiger partial charge is 0.227 e. The second kappa shape index (κ2) is 9.63. The van der Waals surface area contributed by atoms with Gasteiger partial charge in [-0.1, -0.05) is 36.4 Å². The molecule has 0 bridgehead atoms. The van der Waals surface area contributed by atoms with Gasteiger partial charge in [-0.25, -0.2) is 4.98 Å². The number of fused-ring (bicyclic) bond motifs is 1. The number of hydrogen-bond acceptors (Lipinski definition) is 7. The number of rotatable bonds is 6. The van der Waals surface area contributed by atoms with E-state index in [4.69, 9.17) is 14.7 Å². The number of benzene rings is 1. The molecule has 2 aromatic heterocycles. The summed E-state index contributed by atoms with van der Waals surface area (Å²) in [6.07, 6.45) is 2.77. The maximum Gasteiger partial charge on any atom is 0.227 e. The maximum absolute atomic E-state index is 5.54. The SMILES string of the molecule is C[C@@H](Nc1nc(N2CCOCC2)nc2c1CCN(Cc1ccccc1)C2)c1ccccn1. The number of aromatic nitrogens is 3. The first-order valence-corrected chi connectivity index (χ1v) is 11.4. The molecule has 0 spiro atoms. The largest absolute Gasteiger partial charge is 0.378 e. The molecule has 3 aromatic rings. The second-order valence-corrected chi connectivity index (χ2v) is 8.46. The normalized spacial score (nSPS) is 17.6. The van der Waals surface area contributed by atoms with E-state index in [0.29, 0.717) is 13.2 Å². The Morgan fingerprint density at radius 1 is 1.00 bits per heavy atom. The first kappa shape index (κ1) is 20.8.